The van der Waals surface area contributed by atoms with Crippen LogP contribution >= 0.6 is 0 Å². The van der Waals surface area contributed by atoms with Crippen LogP contribution in [0.2, 0.25) is 0 Å². The number of aliphatic hydroxyl groups is 1. The average Bonchev–Trinajstić information content (AvgIpc) is 2.65. The molecule has 1 atom stereocenters. The van der Waals surface area contributed by atoms with E-state index in [0.717, 1.165) is 27.8 Å². The van der Waals surface area contributed by atoms with E-state index in [-0.39, 0.29) is 6.61 Å². The highest BCUT2D eigenvalue weighted by atomic mass is 18.2. The standard InChI is InChI=1S/C19H19FN2O2/c1-21-15-5-2-13(3-6-15)18-8-4-14-10-17(7-9-19(14)22-18)24-12-16(23)11-20/h2-10,16,21,23H,11-12H2,1H3/t16-/m1/s1/i20-1. The fourth-order valence-corrected chi connectivity index (χ4v) is 2.40. The third-order valence-electron chi connectivity index (χ3n) is 3.75. The fourth-order valence-electron chi connectivity index (χ4n) is 2.40. The van der Waals surface area contributed by atoms with Crippen molar-refractivity contribution in [3.05, 3.63) is 54.6 Å². The van der Waals surface area contributed by atoms with Crippen LogP contribution in [0.15, 0.2) is 54.6 Å². The number of aliphatic hydroxyl groups excluding tert-OH is 1. The Morgan fingerprint density at radius 1 is 1.12 bits per heavy atom. The van der Waals surface area contributed by atoms with Gasteiger partial charge in [0.1, 0.15) is 25.1 Å². The van der Waals surface area contributed by atoms with Crippen molar-refractivity contribution in [2.45, 2.75) is 6.10 Å². The second-order valence-corrected chi connectivity index (χ2v) is 5.50. The van der Waals surface area contributed by atoms with Crippen molar-refractivity contribution in [1.29, 1.82) is 0 Å². The SMILES string of the molecule is CNc1ccc(-c2ccc3cc(OC[C@H](O)C[18F])ccc3n2)cc1. The number of hydrogen-bond acceptors (Lipinski definition) is 4. The Bertz CT molecular complexity index is 821. The van der Waals surface area contributed by atoms with Crippen LogP contribution in [-0.4, -0.2) is 36.5 Å². The zero-order valence-electron chi connectivity index (χ0n) is 13.4. The summed E-state index contributed by atoms with van der Waals surface area (Å²) in [6, 6.07) is 17.5. The summed E-state index contributed by atoms with van der Waals surface area (Å²) in [4.78, 5) is 4.67. The minimum absolute atomic E-state index is 0.0642. The van der Waals surface area contributed by atoms with Gasteiger partial charge < -0.3 is 15.2 Å². The lowest BCUT2D eigenvalue weighted by Gasteiger charge is -2.10. The van der Waals surface area contributed by atoms with Crippen LogP contribution in [0.3, 0.4) is 0 Å². The molecule has 0 unspecified atom stereocenters. The van der Waals surface area contributed by atoms with Gasteiger partial charge in [0.15, 0.2) is 0 Å². The van der Waals surface area contributed by atoms with Crippen molar-refractivity contribution in [3.8, 4) is 17.0 Å². The summed E-state index contributed by atoms with van der Waals surface area (Å²) >= 11 is 0. The number of aromatic nitrogens is 1. The minimum atomic E-state index is -1.10. The van der Waals surface area contributed by atoms with Crippen molar-refractivity contribution in [2.24, 2.45) is 0 Å². The third-order valence-corrected chi connectivity index (χ3v) is 3.75. The van der Waals surface area contributed by atoms with Gasteiger partial charge in [0, 0.05) is 23.7 Å². The Morgan fingerprint density at radius 2 is 1.92 bits per heavy atom. The van der Waals surface area contributed by atoms with Crippen LogP contribution in [0.1, 0.15) is 0 Å². The maximum Gasteiger partial charge on any atom is 0.120 e. The van der Waals surface area contributed by atoms with Crippen molar-refractivity contribution in [3.63, 3.8) is 0 Å². The summed E-state index contributed by atoms with van der Waals surface area (Å²) < 4.78 is 17.6. The van der Waals surface area contributed by atoms with Crippen LogP contribution in [0.5, 0.6) is 5.75 Å². The minimum Gasteiger partial charge on any atom is -0.491 e. The number of pyridine rings is 1. The number of alkyl halides is 1. The monoisotopic (exact) mass is 325 g/mol. The van der Waals surface area contributed by atoms with Crippen LogP contribution in [0.4, 0.5) is 10.1 Å². The van der Waals surface area contributed by atoms with Gasteiger partial charge in [0.25, 0.3) is 0 Å². The van der Waals surface area contributed by atoms with Gasteiger partial charge in [-0.05, 0) is 36.4 Å². The predicted molar refractivity (Wildman–Crippen MR) is 94.2 cm³/mol. The molecule has 0 saturated heterocycles. The molecule has 4 nitrogen and oxygen atoms in total. The molecule has 1 heterocycles. The lowest BCUT2D eigenvalue weighted by molar-refractivity contribution is 0.0842. The van der Waals surface area contributed by atoms with E-state index in [9.17, 15) is 9.50 Å². The molecular weight excluding hydrogens is 306 g/mol. The van der Waals surface area contributed by atoms with Crippen molar-refractivity contribution in [1.82, 2.24) is 4.98 Å². The van der Waals surface area contributed by atoms with E-state index in [1.165, 1.54) is 0 Å². The van der Waals surface area contributed by atoms with Gasteiger partial charge >= 0.3 is 0 Å². The highest BCUT2D eigenvalue weighted by molar-refractivity contribution is 5.83. The van der Waals surface area contributed by atoms with E-state index in [2.05, 4.69) is 10.3 Å². The summed E-state index contributed by atoms with van der Waals surface area (Å²) in [7, 11) is 1.88. The van der Waals surface area contributed by atoms with Gasteiger partial charge in [-0.25, -0.2) is 9.37 Å². The first-order valence-corrected chi connectivity index (χ1v) is 7.75. The van der Waals surface area contributed by atoms with E-state index in [4.69, 9.17) is 4.74 Å². The number of fused-ring (bicyclic) bond motifs is 1. The van der Waals surface area contributed by atoms with Gasteiger partial charge in [-0.2, -0.15) is 0 Å². The molecule has 0 radical (unpaired) electrons. The van der Waals surface area contributed by atoms with Gasteiger partial charge in [-0.3, -0.25) is 0 Å². The molecule has 0 amide bonds. The highest BCUT2D eigenvalue weighted by Crippen LogP contribution is 2.25. The van der Waals surface area contributed by atoms with Crippen LogP contribution < -0.4 is 10.1 Å². The molecule has 0 saturated carbocycles. The molecule has 124 valence electrons. The Kier molecular flexibility index (Phi) is 4.91. The molecule has 0 aliphatic rings. The van der Waals surface area contributed by atoms with E-state index < -0.39 is 12.8 Å². The number of halogens is 1. The predicted octanol–water partition coefficient (Wildman–Crippen LogP) is 3.65. The molecule has 2 N–H and O–H groups in total. The summed E-state index contributed by atoms with van der Waals surface area (Å²) in [6.07, 6.45) is -1.10. The first-order chi connectivity index (χ1) is 11.7. The highest BCUT2D eigenvalue weighted by Gasteiger charge is 2.06. The number of benzene rings is 2. The number of rotatable bonds is 6. The molecule has 0 aliphatic heterocycles. The van der Waals surface area contributed by atoms with E-state index >= 15 is 0 Å². The largest absolute Gasteiger partial charge is 0.491 e. The molecule has 1 aromatic heterocycles. The second-order valence-electron chi connectivity index (χ2n) is 5.50. The van der Waals surface area contributed by atoms with E-state index in [1.54, 1.807) is 6.07 Å². The lowest BCUT2D eigenvalue weighted by Crippen LogP contribution is -2.19. The molecular formula is C19H19FN2O2. The molecule has 0 fully saturated rings. The van der Waals surface area contributed by atoms with Gasteiger partial charge in [0.2, 0.25) is 0 Å². The maximum atomic E-state index is 12.3. The first kappa shape index (κ1) is 16.2. The lowest BCUT2D eigenvalue weighted by atomic mass is 10.1. The quantitative estimate of drug-likeness (QED) is 0.726. The molecule has 3 rings (SSSR count). The number of nitrogens with one attached hydrogen (secondary N) is 1. The normalized spacial score (nSPS) is 12.1. The van der Waals surface area contributed by atoms with Gasteiger partial charge in [0.05, 0.1) is 11.2 Å². The Hall–Kier alpha value is -2.66. The molecule has 24 heavy (non-hydrogen) atoms. The van der Waals surface area contributed by atoms with Crippen LogP contribution in [0, 0.1) is 0 Å². The molecule has 0 bridgehead atoms. The number of hydrogen-bond donors (Lipinski definition) is 2. The van der Waals surface area contributed by atoms with Crippen molar-refractivity contribution in [2.75, 3.05) is 25.6 Å². The molecule has 5 heteroatoms. The van der Waals surface area contributed by atoms with Crippen LogP contribution in [0.25, 0.3) is 22.2 Å². The zero-order chi connectivity index (χ0) is 16.9. The van der Waals surface area contributed by atoms with Gasteiger partial charge in [-0.1, -0.05) is 18.2 Å². The second kappa shape index (κ2) is 7.27. The molecule has 3 aromatic rings. The number of anilines is 1. The van der Waals surface area contributed by atoms with E-state index in [0.29, 0.717) is 5.75 Å². The summed E-state index contributed by atoms with van der Waals surface area (Å²) in [5, 5.41) is 13.2. The molecule has 2 aromatic carbocycles. The third kappa shape index (κ3) is 3.63. The summed E-state index contributed by atoms with van der Waals surface area (Å²) in [6.45, 7) is -0.879. The maximum absolute atomic E-state index is 12.3. The average molecular weight is 325 g/mol. The Balaban J connectivity index is 1.83. The zero-order valence-corrected chi connectivity index (χ0v) is 13.4. The summed E-state index contributed by atoms with van der Waals surface area (Å²) in [5.74, 6) is 0.586. The van der Waals surface area contributed by atoms with Crippen molar-refractivity contribution >= 4 is 16.6 Å². The van der Waals surface area contributed by atoms with Crippen molar-refractivity contribution < 1.29 is 14.2 Å². The molecule has 0 aliphatic carbocycles. The van der Waals surface area contributed by atoms with E-state index in [1.807, 2.05) is 55.6 Å². The number of nitrogens with zero attached hydrogens (tertiary/aromatic N) is 1. The Morgan fingerprint density at radius 3 is 2.62 bits per heavy atom. The Labute approximate surface area is 139 Å². The first-order valence-electron chi connectivity index (χ1n) is 7.75. The van der Waals surface area contributed by atoms with Crippen LogP contribution in [-0.2, 0) is 0 Å². The molecule has 0 spiro atoms. The smallest absolute Gasteiger partial charge is 0.120 e. The topological polar surface area (TPSA) is 54.4 Å². The summed E-state index contributed by atoms with van der Waals surface area (Å²) in [5.41, 5.74) is 3.84. The van der Waals surface area contributed by atoms with Gasteiger partial charge in [-0.15, -0.1) is 0 Å². The number of ether oxygens (including phenoxy) is 1. The fraction of sp³-hybridized carbons (Fsp3) is 0.211.